The van der Waals surface area contributed by atoms with Gasteiger partial charge in [0.25, 0.3) is 0 Å². The number of ether oxygens (including phenoxy) is 1. The van der Waals surface area contributed by atoms with Gasteiger partial charge in [-0.3, -0.25) is 0 Å². The molecule has 0 fully saturated rings. The monoisotopic (exact) mass is 273 g/mol. The molecule has 0 heterocycles. The predicted octanol–water partition coefficient (Wildman–Crippen LogP) is 4.63. The molecule has 2 heteroatoms. The molecular weight excluding hydrogens is 246 g/mol. The fourth-order valence-electron chi connectivity index (χ4n) is 2.83. The molecule has 1 atom stereocenters. The highest BCUT2D eigenvalue weighted by Crippen LogP contribution is 2.32. The van der Waals surface area contributed by atoms with Crippen LogP contribution in [0.25, 0.3) is 0 Å². The second-order valence-corrected chi connectivity index (χ2v) is 5.54. The Kier molecular flexibility index (Phi) is 6.13. The Morgan fingerprint density at radius 2 is 2.10 bits per heavy atom. The molecule has 110 valence electrons. The summed E-state index contributed by atoms with van der Waals surface area (Å²) in [7, 11) is 2.05. The summed E-state index contributed by atoms with van der Waals surface area (Å²) in [6.07, 6.45) is 9.78. The number of para-hydroxylation sites is 1. The lowest BCUT2D eigenvalue weighted by Crippen LogP contribution is -2.18. The van der Waals surface area contributed by atoms with Crippen LogP contribution in [0.2, 0.25) is 0 Å². The molecule has 20 heavy (non-hydrogen) atoms. The first-order valence-corrected chi connectivity index (χ1v) is 7.92. The molecule has 1 unspecified atom stereocenters. The third kappa shape index (κ3) is 4.11. The standard InChI is InChI=1S/C18H27NO/c1-3-13-20-18-12-8-7-11-16(18)17(19-2)14-15-9-5-4-6-10-15/h7-9,11-12,17,19H,3-6,10,13-14H2,1-2H3. The molecule has 1 aromatic rings. The van der Waals surface area contributed by atoms with Gasteiger partial charge in [0.05, 0.1) is 6.61 Å². The fraction of sp³-hybridized carbons (Fsp3) is 0.556. The molecule has 0 bridgehead atoms. The summed E-state index contributed by atoms with van der Waals surface area (Å²) in [5, 5.41) is 3.46. The van der Waals surface area contributed by atoms with Gasteiger partial charge in [-0.25, -0.2) is 0 Å². The van der Waals surface area contributed by atoms with E-state index in [4.69, 9.17) is 4.74 Å². The highest BCUT2D eigenvalue weighted by molar-refractivity contribution is 5.36. The van der Waals surface area contributed by atoms with E-state index in [2.05, 4.69) is 42.6 Å². The number of benzene rings is 1. The first kappa shape index (κ1) is 15.1. The van der Waals surface area contributed by atoms with Crippen molar-refractivity contribution in [3.63, 3.8) is 0 Å². The molecule has 1 aliphatic rings. The van der Waals surface area contributed by atoms with Gasteiger partial charge in [0.15, 0.2) is 0 Å². The van der Waals surface area contributed by atoms with Crippen molar-refractivity contribution < 1.29 is 4.74 Å². The lowest BCUT2D eigenvalue weighted by molar-refractivity contribution is 0.310. The molecule has 0 saturated heterocycles. The Labute approximate surface area is 123 Å². The van der Waals surface area contributed by atoms with Crippen LogP contribution in [0.5, 0.6) is 5.75 Å². The summed E-state index contributed by atoms with van der Waals surface area (Å²) in [4.78, 5) is 0. The Morgan fingerprint density at radius 3 is 2.80 bits per heavy atom. The van der Waals surface area contributed by atoms with Crippen molar-refractivity contribution in [3.8, 4) is 5.75 Å². The van der Waals surface area contributed by atoms with Crippen LogP contribution in [0, 0.1) is 0 Å². The summed E-state index contributed by atoms with van der Waals surface area (Å²) in [6, 6.07) is 8.79. The van der Waals surface area contributed by atoms with E-state index in [9.17, 15) is 0 Å². The second-order valence-electron chi connectivity index (χ2n) is 5.54. The lowest BCUT2D eigenvalue weighted by Gasteiger charge is -2.23. The Morgan fingerprint density at radius 1 is 1.25 bits per heavy atom. The SMILES string of the molecule is CCCOc1ccccc1C(CC1=CCCCC1)NC. The molecule has 1 N–H and O–H groups in total. The van der Waals surface area contributed by atoms with Crippen LogP contribution in [0.15, 0.2) is 35.9 Å². The molecule has 1 aromatic carbocycles. The molecule has 1 aliphatic carbocycles. The average molecular weight is 273 g/mol. The minimum absolute atomic E-state index is 0.354. The van der Waals surface area contributed by atoms with Crippen LogP contribution in [-0.2, 0) is 0 Å². The van der Waals surface area contributed by atoms with Crippen LogP contribution in [-0.4, -0.2) is 13.7 Å². The van der Waals surface area contributed by atoms with Crippen molar-refractivity contribution >= 4 is 0 Å². The van der Waals surface area contributed by atoms with Gasteiger partial charge in [-0.05, 0) is 51.6 Å². The molecule has 2 rings (SSSR count). The Bertz CT molecular complexity index is 439. The number of allylic oxidation sites excluding steroid dienone is 1. The van der Waals surface area contributed by atoms with Gasteiger partial charge in [0.1, 0.15) is 5.75 Å². The highest BCUT2D eigenvalue weighted by atomic mass is 16.5. The largest absolute Gasteiger partial charge is 0.493 e. The Hall–Kier alpha value is -1.28. The van der Waals surface area contributed by atoms with Crippen LogP contribution in [0.1, 0.15) is 57.1 Å². The lowest BCUT2D eigenvalue weighted by atomic mass is 9.91. The maximum absolute atomic E-state index is 5.90. The van der Waals surface area contributed by atoms with Crippen molar-refractivity contribution in [2.24, 2.45) is 0 Å². The number of hydrogen-bond acceptors (Lipinski definition) is 2. The van der Waals surface area contributed by atoms with Crippen molar-refractivity contribution in [3.05, 3.63) is 41.5 Å². The maximum Gasteiger partial charge on any atom is 0.124 e. The molecule has 0 radical (unpaired) electrons. The zero-order valence-electron chi connectivity index (χ0n) is 12.8. The average Bonchev–Trinajstić information content (AvgIpc) is 2.52. The molecule has 0 amide bonds. The summed E-state index contributed by atoms with van der Waals surface area (Å²) in [5.41, 5.74) is 2.89. The third-order valence-electron chi connectivity index (χ3n) is 3.96. The van der Waals surface area contributed by atoms with Crippen LogP contribution >= 0.6 is 0 Å². The van der Waals surface area contributed by atoms with E-state index < -0.39 is 0 Å². The van der Waals surface area contributed by atoms with E-state index in [0.29, 0.717) is 6.04 Å². The van der Waals surface area contributed by atoms with Crippen LogP contribution in [0.4, 0.5) is 0 Å². The van der Waals surface area contributed by atoms with Crippen molar-refractivity contribution in [1.29, 1.82) is 0 Å². The van der Waals surface area contributed by atoms with Gasteiger partial charge in [0.2, 0.25) is 0 Å². The molecule has 0 aliphatic heterocycles. The summed E-state index contributed by atoms with van der Waals surface area (Å²) < 4.78 is 5.90. The summed E-state index contributed by atoms with van der Waals surface area (Å²) in [6.45, 7) is 2.93. The van der Waals surface area contributed by atoms with Gasteiger partial charge in [-0.2, -0.15) is 0 Å². The van der Waals surface area contributed by atoms with Crippen LogP contribution < -0.4 is 10.1 Å². The minimum Gasteiger partial charge on any atom is -0.493 e. The van der Waals surface area contributed by atoms with Gasteiger partial charge < -0.3 is 10.1 Å². The van der Waals surface area contributed by atoms with E-state index in [1.165, 1.54) is 31.2 Å². The van der Waals surface area contributed by atoms with E-state index in [-0.39, 0.29) is 0 Å². The maximum atomic E-state index is 5.90. The van der Waals surface area contributed by atoms with Crippen molar-refractivity contribution in [1.82, 2.24) is 5.32 Å². The highest BCUT2D eigenvalue weighted by Gasteiger charge is 2.16. The molecule has 0 aromatic heterocycles. The quantitative estimate of drug-likeness (QED) is 0.732. The fourth-order valence-corrected chi connectivity index (χ4v) is 2.83. The smallest absolute Gasteiger partial charge is 0.124 e. The number of nitrogens with one attached hydrogen (secondary N) is 1. The topological polar surface area (TPSA) is 21.3 Å². The van der Waals surface area contributed by atoms with Crippen LogP contribution in [0.3, 0.4) is 0 Å². The molecule has 2 nitrogen and oxygen atoms in total. The van der Waals surface area contributed by atoms with E-state index in [1.807, 2.05) is 7.05 Å². The minimum atomic E-state index is 0.354. The van der Waals surface area contributed by atoms with E-state index in [1.54, 1.807) is 5.57 Å². The first-order chi connectivity index (χ1) is 9.85. The Balaban J connectivity index is 2.11. The second kappa shape index (κ2) is 8.11. The van der Waals surface area contributed by atoms with Gasteiger partial charge in [-0.15, -0.1) is 0 Å². The van der Waals surface area contributed by atoms with Gasteiger partial charge in [-0.1, -0.05) is 36.8 Å². The predicted molar refractivity (Wildman–Crippen MR) is 85.2 cm³/mol. The molecular formula is C18H27NO. The normalized spacial score (nSPS) is 16.6. The summed E-state index contributed by atoms with van der Waals surface area (Å²) >= 11 is 0. The molecule has 0 saturated carbocycles. The first-order valence-electron chi connectivity index (χ1n) is 7.92. The zero-order valence-corrected chi connectivity index (χ0v) is 12.8. The molecule has 0 spiro atoms. The number of hydrogen-bond donors (Lipinski definition) is 1. The van der Waals surface area contributed by atoms with Gasteiger partial charge in [0, 0.05) is 11.6 Å². The van der Waals surface area contributed by atoms with Gasteiger partial charge >= 0.3 is 0 Å². The van der Waals surface area contributed by atoms with E-state index >= 15 is 0 Å². The zero-order chi connectivity index (χ0) is 14.2. The number of rotatable bonds is 7. The summed E-state index contributed by atoms with van der Waals surface area (Å²) in [5.74, 6) is 1.03. The van der Waals surface area contributed by atoms with Crippen molar-refractivity contribution in [2.75, 3.05) is 13.7 Å². The van der Waals surface area contributed by atoms with E-state index in [0.717, 1.165) is 25.2 Å². The third-order valence-corrected chi connectivity index (χ3v) is 3.96. The van der Waals surface area contributed by atoms with Crippen molar-refractivity contribution in [2.45, 2.75) is 51.5 Å².